The number of aromatic nitrogens is 2. The van der Waals surface area contributed by atoms with Gasteiger partial charge in [-0.2, -0.15) is 5.10 Å². The first kappa shape index (κ1) is 16.6. The van der Waals surface area contributed by atoms with Crippen molar-refractivity contribution < 1.29 is 14.0 Å². The summed E-state index contributed by atoms with van der Waals surface area (Å²) in [5, 5.41) is 9.79. The summed E-state index contributed by atoms with van der Waals surface area (Å²) >= 11 is 0. The van der Waals surface area contributed by atoms with E-state index in [1.165, 1.54) is 12.1 Å². The molecule has 8 heteroatoms. The first-order chi connectivity index (χ1) is 12.6. The second-order valence-electron chi connectivity index (χ2n) is 6.65. The van der Waals surface area contributed by atoms with Gasteiger partial charge in [-0.15, -0.1) is 0 Å². The predicted octanol–water partition coefficient (Wildman–Crippen LogP) is 1.25. The highest BCUT2D eigenvalue weighted by atomic mass is 19.1. The average molecular weight is 357 g/mol. The molecule has 0 bridgehead atoms. The Labute approximate surface area is 150 Å². The molecule has 1 saturated heterocycles. The summed E-state index contributed by atoms with van der Waals surface area (Å²) in [6, 6.07) is 5.94. The Morgan fingerprint density at radius 3 is 2.81 bits per heavy atom. The predicted molar refractivity (Wildman–Crippen MR) is 92.8 cm³/mol. The van der Waals surface area contributed by atoms with Crippen molar-refractivity contribution in [2.45, 2.75) is 25.3 Å². The van der Waals surface area contributed by atoms with E-state index in [-0.39, 0.29) is 23.8 Å². The summed E-state index contributed by atoms with van der Waals surface area (Å²) in [7, 11) is 1.55. The lowest BCUT2D eigenvalue weighted by Gasteiger charge is -2.39. The number of nitrogens with zero attached hydrogens (tertiary/aromatic N) is 3. The Morgan fingerprint density at radius 1 is 1.27 bits per heavy atom. The van der Waals surface area contributed by atoms with Crippen molar-refractivity contribution in [2.75, 3.05) is 20.1 Å². The van der Waals surface area contributed by atoms with Crippen molar-refractivity contribution in [3.05, 3.63) is 47.0 Å². The van der Waals surface area contributed by atoms with Crippen LogP contribution in [-0.4, -0.2) is 52.8 Å². The fourth-order valence-corrected chi connectivity index (χ4v) is 3.57. The number of carbonyl (C=O) groups is 2. The lowest BCUT2D eigenvalue weighted by atomic mass is 10.1. The molecule has 0 radical (unpaired) electrons. The van der Waals surface area contributed by atoms with Gasteiger partial charge in [-0.3, -0.25) is 4.79 Å². The van der Waals surface area contributed by atoms with Gasteiger partial charge in [-0.1, -0.05) is 6.07 Å². The Balaban J connectivity index is 1.56. The van der Waals surface area contributed by atoms with Crippen LogP contribution in [-0.2, 0) is 12.8 Å². The van der Waals surface area contributed by atoms with Gasteiger partial charge in [0.05, 0.1) is 11.7 Å². The Hall–Kier alpha value is -2.90. The van der Waals surface area contributed by atoms with Gasteiger partial charge < -0.3 is 15.5 Å². The van der Waals surface area contributed by atoms with Gasteiger partial charge in [0, 0.05) is 31.4 Å². The Kier molecular flexibility index (Phi) is 4.10. The largest absolute Gasteiger partial charge is 0.341 e. The molecular weight excluding hydrogens is 337 g/mol. The quantitative estimate of drug-likeness (QED) is 0.868. The molecule has 0 atom stereocenters. The normalized spacial score (nSPS) is 16.2. The number of rotatable bonds is 3. The molecule has 1 aliphatic heterocycles. The van der Waals surface area contributed by atoms with Gasteiger partial charge in [0.25, 0.3) is 5.91 Å². The van der Waals surface area contributed by atoms with Crippen molar-refractivity contribution in [1.29, 1.82) is 0 Å². The molecule has 1 fully saturated rings. The molecule has 1 aromatic heterocycles. The van der Waals surface area contributed by atoms with E-state index in [0.717, 1.165) is 30.5 Å². The molecular formula is C18H20FN5O2. The minimum atomic E-state index is -0.330. The van der Waals surface area contributed by atoms with Crippen molar-refractivity contribution >= 4 is 11.9 Å². The lowest BCUT2D eigenvalue weighted by molar-refractivity contribution is 0.0570. The molecule has 2 aromatic rings. The first-order valence-corrected chi connectivity index (χ1v) is 8.71. The third-order valence-electron chi connectivity index (χ3n) is 4.92. The topological polar surface area (TPSA) is 79.3 Å². The van der Waals surface area contributed by atoms with Crippen LogP contribution in [0.5, 0.6) is 0 Å². The van der Waals surface area contributed by atoms with E-state index in [1.54, 1.807) is 28.8 Å². The zero-order valence-electron chi connectivity index (χ0n) is 14.5. The number of likely N-dealkylation sites (tertiary alicyclic amines) is 1. The van der Waals surface area contributed by atoms with Gasteiger partial charge in [0.15, 0.2) is 5.69 Å². The molecule has 3 amide bonds. The summed E-state index contributed by atoms with van der Waals surface area (Å²) in [4.78, 5) is 25.9. The third-order valence-corrected chi connectivity index (χ3v) is 4.92. The van der Waals surface area contributed by atoms with E-state index in [4.69, 9.17) is 0 Å². The van der Waals surface area contributed by atoms with E-state index in [0.29, 0.717) is 24.5 Å². The highest BCUT2D eigenvalue weighted by molar-refractivity contribution is 5.95. The van der Waals surface area contributed by atoms with Crippen LogP contribution in [0, 0.1) is 5.82 Å². The van der Waals surface area contributed by atoms with Gasteiger partial charge in [0.2, 0.25) is 0 Å². The number of amides is 3. The van der Waals surface area contributed by atoms with Crippen LogP contribution in [0.2, 0.25) is 0 Å². The number of carbonyl (C=O) groups excluding carboxylic acids is 2. The van der Waals surface area contributed by atoms with E-state index < -0.39 is 0 Å². The SMILES string of the molecule is CNC(=O)NC1CN(C(=O)c2nn(-c3cccc(F)c3)c3c2CCC3)C1. The molecule has 26 heavy (non-hydrogen) atoms. The van der Waals surface area contributed by atoms with Crippen LogP contribution in [0.3, 0.4) is 0 Å². The van der Waals surface area contributed by atoms with Crippen molar-refractivity contribution in [3.8, 4) is 5.69 Å². The molecule has 0 saturated carbocycles. The fourth-order valence-electron chi connectivity index (χ4n) is 3.57. The summed E-state index contributed by atoms with van der Waals surface area (Å²) in [6.07, 6.45) is 2.59. The van der Waals surface area contributed by atoms with E-state index in [2.05, 4.69) is 15.7 Å². The summed E-state index contributed by atoms with van der Waals surface area (Å²) in [5.41, 5.74) is 3.02. The van der Waals surface area contributed by atoms with Crippen LogP contribution < -0.4 is 10.6 Å². The van der Waals surface area contributed by atoms with Gasteiger partial charge >= 0.3 is 6.03 Å². The molecule has 1 aliphatic carbocycles. The first-order valence-electron chi connectivity index (χ1n) is 8.71. The summed E-state index contributed by atoms with van der Waals surface area (Å²) in [5.74, 6) is -0.461. The van der Waals surface area contributed by atoms with Crippen LogP contribution in [0.4, 0.5) is 9.18 Å². The fraction of sp³-hybridized carbons (Fsp3) is 0.389. The Morgan fingerprint density at radius 2 is 2.08 bits per heavy atom. The molecule has 0 spiro atoms. The number of halogens is 1. The standard InChI is InChI=1S/C18H20FN5O2/c1-20-18(26)21-12-9-23(10-12)17(25)16-14-6-3-7-15(14)24(22-16)13-5-2-4-11(19)8-13/h2,4-5,8,12H,3,6-7,9-10H2,1H3,(H2,20,21,26). The lowest BCUT2D eigenvalue weighted by Crippen LogP contribution is -2.62. The molecule has 7 nitrogen and oxygen atoms in total. The molecule has 2 aliphatic rings. The van der Waals surface area contributed by atoms with Crippen molar-refractivity contribution in [3.63, 3.8) is 0 Å². The smallest absolute Gasteiger partial charge is 0.314 e. The van der Waals surface area contributed by atoms with Crippen molar-refractivity contribution in [1.82, 2.24) is 25.3 Å². The zero-order valence-corrected chi connectivity index (χ0v) is 14.5. The van der Waals surface area contributed by atoms with Crippen LogP contribution >= 0.6 is 0 Å². The van der Waals surface area contributed by atoms with Crippen LogP contribution in [0.1, 0.15) is 28.2 Å². The van der Waals surface area contributed by atoms with Crippen LogP contribution in [0.15, 0.2) is 24.3 Å². The number of fused-ring (bicyclic) bond motifs is 1. The average Bonchev–Trinajstić information content (AvgIpc) is 3.19. The molecule has 2 N–H and O–H groups in total. The number of urea groups is 1. The third kappa shape index (κ3) is 2.81. The number of hydrogen-bond donors (Lipinski definition) is 2. The Bertz CT molecular complexity index is 872. The van der Waals surface area contributed by atoms with Crippen LogP contribution in [0.25, 0.3) is 5.69 Å². The minimum Gasteiger partial charge on any atom is -0.341 e. The highest BCUT2D eigenvalue weighted by Gasteiger charge is 2.36. The monoisotopic (exact) mass is 357 g/mol. The molecule has 0 unspecified atom stereocenters. The molecule has 2 heterocycles. The number of hydrogen-bond acceptors (Lipinski definition) is 3. The summed E-state index contributed by atoms with van der Waals surface area (Å²) in [6.45, 7) is 0.932. The van der Waals surface area contributed by atoms with Gasteiger partial charge in [0.1, 0.15) is 5.82 Å². The van der Waals surface area contributed by atoms with E-state index in [1.807, 2.05) is 0 Å². The minimum absolute atomic E-state index is 0.0442. The second kappa shape index (κ2) is 6.44. The van der Waals surface area contributed by atoms with Gasteiger partial charge in [-0.05, 0) is 37.5 Å². The molecule has 136 valence electrons. The van der Waals surface area contributed by atoms with E-state index in [9.17, 15) is 14.0 Å². The molecule has 4 rings (SSSR count). The maximum absolute atomic E-state index is 13.6. The molecule has 1 aromatic carbocycles. The van der Waals surface area contributed by atoms with Gasteiger partial charge in [-0.25, -0.2) is 13.9 Å². The second-order valence-corrected chi connectivity index (χ2v) is 6.65. The number of nitrogens with one attached hydrogen (secondary N) is 2. The van der Waals surface area contributed by atoms with E-state index >= 15 is 0 Å². The highest BCUT2D eigenvalue weighted by Crippen LogP contribution is 2.29. The summed E-state index contributed by atoms with van der Waals surface area (Å²) < 4.78 is 15.3. The maximum Gasteiger partial charge on any atom is 0.314 e. The zero-order chi connectivity index (χ0) is 18.3. The number of benzene rings is 1. The maximum atomic E-state index is 13.6. The van der Waals surface area contributed by atoms with Crippen molar-refractivity contribution in [2.24, 2.45) is 0 Å².